The molecule has 0 bridgehead atoms. The van der Waals surface area contributed by atoms with Gasteiger partial charge in [-0.3, -0.25) is 9.52 Å². The maximum Gasteiger partial charge on any atom is 0.264 e. The molecular weight excluding hydrogens is 449 g/mol. The first-order chi connectivity index (χ1) is 14.3. The molecule has 0 unspecified atom stereocenters. The van der Waals surface area contributed by atoms with Gasteiger partial charge >= 0.3 is 0 Å². The minimum Gasteiger partial charge on any atom is -0.349 e. The van der Waals surface area contributed by atoms with E-state index in [0.29, 0.717) is 0 Å². The third kappa shape index (κ3) is 4.38. The van der Waals surface area contributed by atoms with Gasteiger partial charge in [0.15, 0.2) is 5.65 Å². The number of benzene rings is 1. The molecule has 0 atom stereocenters. The molecule has 1 aromatic carbocycles. The van der Waals surface area contributed by atoms with Crippen molar-refractivity contribution >= 4 is 50.6 Å². The number of sulfonamides is 1. The number of fused-ring (bicyclic) bond motifs is 1. The summed E-state index contributed by atoms with van der Waals surface area (Å²) in [5.74, 6) is -0.243. The molecule has 30 heavy (non-hydrogen) atoms. The van der Waals surface area contributed by atoms with Crippen LogP contribution in [-0.4, -0.2) is 35.0 Å². The summed E-state index contributed by atoms with van der Waals surface area (Å²) < 4.78 is 29.3. The smallest absolute Gasteiger partial charge is 0.264 e. The van der Waals surface area contributed by atoms with Gasteiger partial charge in [-0.25, -0.2) is 17.9 Å². The van der Waals surface area contributed by atoms with Crippen molar-refractivity contribution in [1.82, 2.24) is 19.9 Å². The van der Waals surface area contributed by atoms with E-state index >= 15 is 0 Å². The van der Waals surface area contributed by atoms with Crippen molar-refractivity contribution in [3.63, 3.8) is 0 Å². The van der Waals surface area contributed by atoms with Gasteiger partial charge < -0.3 is 5.32 Å². The van der Waals surface area contributed by atoms with Gasteiger partial charge in [0.1, 0.15) is 16.3 Å². The Bertz CT molecular complexity index is 1210. The minimum atomic E-state index is -4.03. The summed E-state index contributed by atoms with van der Waals surface area (Å²) in [6.07, 6.45) is 8.22. The van der Waals surface area contributed by atoms with E-state index in [2.05, 4.69) is 20.1 Å². The summed E-state index contributed by atoms with van der Waals surface area (Å²) in [4.78, 5) is 16.8. The van der Waals surface area contributed by atoms with Gasteiger partial charge in [-0.05, 0) is 37.1 Å². The number of nitrogens with one attached hydrogen (secondary N) is 2. The lowest BCUT2D eigenvalue weighted by atomic mass is 9.95. The Kier molecular flexibility index (Phi) is 5.86. The van der Waals surface area contributed by atoms with Crippen LogP contribution in [0.1, 0.15) is 42.5 Å². The van der Waals surface area contributed by atoms with Crippen molar-refractivity contribution in [1.29, 1.82) is 0 Å². The van der Waals surface area contributed by atoms with Crippen molar-refractivity contribution in [2.75, 3.05) is 4.72 Å². The van der Waals surface area contributed by atoms with Crippen molar-refractivity contribution in [3.05, 3.63) is 52.3 Å². The summed E-state index contributed by atoms with van der Waals surface area (Å²) in [6, 6.07) is 5.73. The van der Waals surface area contributed by atoms with E-state index in [1.165, 1.54) is 47.6 Å². The fourth-order valence-corrected chi connectivity index (χ4v) is 5.24. The topological polar surface area (TPSA) is 105 Å². The second-order valence-corrected chi connectivity index (χ2v) is 9.62. The number of anilines is 1. The number of carbonyl (C=O) groups is 1. The second kappa shape index (κ2) is 8.41. The summed E-state index contributed by atoms with van der Waals surface area (Å²) in [5.41, 5.74) is 0.531. The summed E-state index contributed by atoms with van der Waals surface area (Å²) in [6.45, 7) is 0. The fraction of sp³-hybridized carbons (Fsp3) is 0.316. The van der Waals surface area contributed by atoms with Crippen LogP contribution in [0, 0.1) is 0 Å². The summed E-state index contributed by atoms with van der Waals surface area (Å²) in [5, 5.41) is 7.42. The lowest BCUT2D eigenvalue weighted by molar-refractivity contribution is 0.0929. The molecule has 3 aromatic rings. The Morgan fingerprint density at radius 1 is 1.13 bits per heavy atom. The fourth-order valence-electron chi connectivity index (χ4n) is 3.47. The van der Waals surface area contributed by atoms with Gasteiger partial charge in [-0.1, -0.05) is 42.5 Å². The maximum atomic E-state index is 12.7. The number of hydrogen-bond acceptors (Lipinski definition) is 5. The largest absolute Gasteiger partial charge is 0.349 e. The first-order valence-electron chi connectivity index (χ1n) is 9.46. The highest BCUT2D eigenvalue weighted by molar-refractivity contribution is 7.92. The van der Waals surface area contributed by atoms with Crippen molar-refractivity contribution < 1.29 is 13.2 Å². The Labute approximate surface area is 183 Å². The van der Waals surface area contributed by atoms with Crippen LogP contribution in [0.4, 0.5) is 5.82 Å². The molecule has 8 nitrogen and oxygen atoms in total. The second-order valence-electron chi connectivity index (χ2n) is 7.13. The van der Waals surface area contributed by atoms with Crippen LogP contribution in [-0.2, 0) is 10.0 Å². The number of amides is 1. The van der Waals surface area contributed by atoms with Gasteiger partial charge in [0.25, 0.3) is 15.9 Å². The van der Waals surface area contributed by atoms with E-state index in [1.54, 1.807) is 0 Å². The Morgan fingerprint density at radius 2 is 1.90 bits per heavy atom. The van der Waals surface area contributed by atoms with Crippen LogP contribution in [0.15, 0.2) is 41.6 Å². The summed E-state index contributed by atoms with van der Waals surface area (Å²) in [7, 11) is -4.03. The van der Waals surface area contributed by atoms with E-state index in [4.69, 9.17) is 23.2 Å². The molecular formula is C19H19Cl2N5O3S. The highest BCUT2D eigenvalue weighted by Crippen LogP contribution is 2.27. The molecule has 2 aromatic heterocycles. The molecule has 1 saturated carbocycles. The van der Waals surface area contributed by atoms with Gasteiger partial charge in [0.2, 0.25) is 0 Å². The third-order valence-corrected chi connectivity index (χ3v) is 7.05. The molecule has 2 heterocycles. The lowest BCUT2D eigenvalue weighted by Gasteiger charge is -2.22. The molecule has 158 valence electrons. The Morgan fingerprint density at radius 3 is 2.67 bits per heavy atom. The molecule has 4 rings (SSSR count). The van der Waals surface area contributed by atoms with Crippen LogP contribution >= 0.6 is 23.2 Å². The van der Waals surface area contributed by atoms with Gasteiger partial charge in [-0.2, -0.15) is 5.10 Å². The zero-order valence-corrected chi connectivity index (χ0v) is 18.1. The lowest BCUT2D eigenvalue weighted by Crippen LogP contribution is -2.36. The first kappa shape index (κ1) is 20.9. The normalized spacial score (nSPS) is 15.3. The zero-order valence-electron chi connectivity index (χ0n) is 15.8. The highest BCUT2D eigenvalue weighted by atomic mass is 35.5. The number of halogens is 2. The monoisotopic (exact) mass is 467 g/mol. The minimum absolute atomic E-state index is 0.0323. The Hall–Kier alpha value is -2.36. The Balaban J connectivity index is 1.61. The average molecular weight is 468 g/mol. The standard InChI is InChI=1S/C19H19Cl2N5O3S/c20-12-6-7-15(21)16(10-12)30(28,29)25-17-8-9-26-18(24-17)14(11-22-26)19(27)23-13-4-2-1-3-5-13/h6-11,13H,1-5H2,(H,23,27)(H,24,25). The molecule has 0 radical (unpaired) electrons. The van der Waals surface area contributed by atoms with E-state index in [-0.39, 0.29) is 43.9 Å². The number of rotatable bonds is 5. The van der Waals surface area contributed by atoms with Crippen LogP contribution in [0.3, 0.4) is 0 Å². The van der Waals surface area contributed by atoms with E-state index < -0.39 is 10.0 Å². The van der Waals surface area contributed by atoms with Crippen LogP contribution in [0.25, 0.3) is 5.65 Å². The SMILES string of the molecule is O=C(NC1CCCCC1)c1cnn2ccc(NS(=O)(=O)c3cc(Cl)ccc3Cl)nc12. The molecule has 0 saturated heterocycles. The van der Waals surface area contributed by atoms with Crippen LogP contribution < -0.4 is 10.0 Å². The molecule has 1 fully saturated rings. The van der Waals surface area contributed by atoms with Crippen molar-refractivity contribution in [2.45, 2.75) is 43.0 Å². The maximum absolute atomic E-state index is 12.7. The molecule has 11 heteroatoms. The molecule has 0 spiro atoms. The predicted molar refractivity (Wildman–Crippen MR) is 115 cm³/mol. The molecule has 1 aliphatic carbocycles. The van der Waals surface area contributed by atoms with Crippen molar-refractivity contribution in [2.24, 2.45) is 0 Å². The van der Waals surface area contributed by atoms with E-state index in [9.17, 15) is 13.2 Å². The van der Waals surface area contributed by atoms with Crippen molar-refractivity contribution in [3.8, 4) is 0 Å². The number of carbonyl (C=O) groups excluding carboxylic acids is 1. The third-order valence-electron chi connectivity index (χ3n) is 4.98. The molecule has 2 N–H and O–H groups in total. The molecule has 1 amide bonds. The van der Waals surface area contributed by atoms with Crippen LogP contribution in [0.2, 0.25) is 10.0 Å². The van der Waals surface area contributed by atoms with Gasteiger partial charge in [0.05, 0.1) is 11.2 Å². The van der Waals surface area contributed by atoms with E-state index in [1.807, 2.05) is 0 Å². The predicted octanol–water partition coefficient (Wildman–Crippen LogP) is 3.90. The average Bonchev–Trinajstić information content (AvgIpc) is 3.13. The quantitative estimate of drug-likeness (QED) is 0.591. The summed E-state index contributed by atoms with van der Waals surface area (Å²) >= 11 is 11.9. The van der Waals surface area contributed by atoms with Gasteiger partial charge in [0, 0.05) is 17.3 Å². The van der Waals surface area contributed by atoms with Crippen LogP contribution in [0.5, 0.6) is 0 Å². The van der Waals surface area contributed by atoms with E-state index in [0.717, 1.165) is 25.7 Å². The van der Waals surface area contributed by atoms with Gasteiger partial charge in [-0.15, -0.1) is 0 Å². The molecule has 0 aliphatic heterocycles. The number of hydrogen-bond donors (Lipinski definition) is 2. The first-order valence-corrected chi connectivity index (χ1v) is 11.7. The zero-order chi connectivity index (χ0) is 21.3. The number of aromatic nitrogens is 3. The molecule has 1 aliphatic rings. The number of nitrogens with zero attached hydrogens (tertiary/aromatic N) is 3. The highest BCUT2D eigenvalue weighted by Gasteiger charge is 2.22.